The number of likely N-dealkylation sites (N-methyl/N-ethyl adjacent to an activating group) is 1. The van der Waals surface area contributed by atoms with E-state index in [0.717, 1.165) is 19.3 Å². The van der Waals surface area contributed by atoms with Gasteiger partial charge in [-0.15, -0.1) is 0 Å². The fourth-order valence-corrected chi connectivity index (χ4v) is 6.37. The van der Waals surface area contributed by atoms with Crippen LogP contribution in [0.15, 0.2) is 0 Å². The number of hydrogen-bond donors (Lipinski definition) is 1. The summed E-state index contributed by atoms with van der Waals surface area (Å²) in [5.41, 5.74) is -0.333. The lowest BCUT2D eigenvalue weighted by molar-refractivity contribution is -0.171. The molecule has 0 aromatic heterocycles. The molecule has 4 nitrogen and oxygen atoms in total. The number of amides is 1. The summed E-state index contributed by atoms with van der Waals surface area (Å²) in [6, 6.07) is 0. The van der Waals surface area contributed by atoms with Crippen molar-refractivity contribution in [3.8, 4) is 0 Å². The Hall–Kier alpha value is -0.580. The van der Waals surface area contributed by atoms with Crippen LogP contribution in [0.5, 0.6) is 0 Å². The number of carbonyl (C=O) groups is 2. The molecule has 4 bridgehead atoms. The van der Waals surface area contributed by atoms with Gasteiger partial charge < -0.3 is 10.1 Å². The molecule has 4 rings (SSSR count). The van der Waals surface area contributed by atoms with E-state index in [4.69, 9.17) is 4.74 Å². The first kappa shape index (κ1) is 14.4. The Kier molecular flexibility index (Phi) is 3.59. The molecule has 4 aliphatic carbocycles. The van der Waals surface area contributed by atoms with Gasteiger partial charge in [0.15, 0.2) is 6.61 Å². The van der Waals surface area contributed by atoms with Gasteiger partial charge in [-0.25, -0.2) is 0 Å². The molecule has 0 saturated heterocycles. The molecule has 20 heavy (non-hydrogen) atoms. The highest BCUT2D eigenvalue weighted by Crippen LogP contribution is 2.64. The fraction of sp³-hybridized carbons (Fsp3) is 0.867. The second kappa shape index (κ2) is 5.00. The zero-order chi connectivity index (χ0) is 14.4. The van der Waals surface area contributed by atoms with Crippen molar-refractivity contribution in [2.24, 2.45) is 17.3 Å². The summed E-state index contributed by atoms with van der Waals surface area (Å²) in [5.74, 6) is 0.932. The van der Waals surface area contributed by atoms with Gasteiger partial charge in [0.25, 0.3) is 5.91 Å². The Morgan fingerprint density at radius 1 is 1.25 bits per heavy atom. The average Bonchev–Trinajstić information content (AvgIpc) is 2.33. The molecule has 4 saturated carbocycles. The van der Waals surface area contributed by atoms with E-state index in [1.165, 1.54) is 19.3 Å². The molecule has 1 N–H and O–H groups in total. The highest BCUT2D eigenvalue weighted by atomic mass is 79.9. The summed E-state index contributed by atoms with van der Waals surface area (Å²) in [7, 11) is 0. The topological polar surface area (TPSA) is 55.4 Å². The summed E-state index contributed by atoms with van der Waals surface area (Å²) in [6.07, 6.45) is 6.42. The van der Waals surface area contributed by atoms with Crippen molar-refractivity contribution in [2.75, 3.05) is 13.2 Å². The minimum absolute atomic E-state index is 0.140. The Bertz CT molecular complexity index is 423. The largest absolute Gasteiger partial charge is 0.455 e. The van der Waals surface area contributed by atoms with Gasteiger partial charge >= 0.3 is 5.97 Å². The summed E-state index contributed by atoms with van der Waals surface area (Å²) in [4.78, 5) is 24.0. The number of halogens is 1. The van der Waals surface area contributed by atoms with E-state index in [9.17, 15) is 9.59 Å². The van der Waals surface area contributed by atoms with E-state index in [1.807, 2.05) is 6.92 Å². The van der Waals surface area contributed by atoms with Crippen molar-refractivity contribution in [2.45, 2.75) is 49.8 Å². The Labute approximate surface area is 128 Å². The van der Waals surface area contributed by atoms with Gasteiger partial charge in [-0.1, -0.05) is 15.9 Å². The molecule has 0 radical (unpaired) electrons. The van der Waals surface area contributed by atoms with E-state index in [1.54, 1.807) is 0 Å². The standard InChI is InChI=1S/C15H22BrNO3/c1-2-17-12(18)8-20-13(19)14-4-10-3-11(5-14)7-15(16,6-10)9-14/h10-11H,2-9H2,1H3,(H,17,18)/t10-,11+,14?,15?. The maximum absolute atomic E-state index is 12.5. The van der Waals surface area contributed by atoms with Crippen molar-refractivity contribution in [1.82, 2.24) is 5.32 Å². The first-order valence-corrected chi connectivity index (χ1v) is 8.37. The lowest BCUT2D eigenvalue weighted by atomic mass is 9.49. The number of nitrogens with one attached hydrogen (secondary N) is 1. The third kappa shape index (κ3) is 2.49. The van der Waals surface area contributed by atoms with E-state index < -0.39 is 0 Å². The first-order valence-electron chi connectivity index (χ1n) is 7.58. The van der Waals surface area contributed by atoms with Crippen LogP contribution in [-0.2, 0) is 14.3 Å². The molecule has 5 heteroatoms. The summed E-state index contributed by atoms with van der Waals surface area (Å²) < 4.78 is 5.46. The zero-order valence-corrected chi connectivity index (χ0v) is 13.5. The van der Waals surface area contributed by atoms with Crippen molar-refractivity contribution in [3.05, 3.63) is 0 Å². The van der Waals surface area contributed by atoms with E-state index in [-0.39, 0.29) is 28.2 Å². The lowest BCUT2D eigenvalue weighted by Gasteiger charge is -2.58. The van der Waals surface area contributed by atoms with E-state index >= 15 is 0 Å². The Morgan fingerprint density at radius 2 is 1.90 bits per heavy atom. The molecule has 4 aliphatic rings. The predicted molar refractivity (Wildman–Crippen MR) is 78.4 cm³/mol. The monoisotopic (exact) mass is 343 g/mol. The highest BCUT2D eigenvalue weighted by Gasteiger charge is 2.60. The van der Waals surface area contributed by atoms with Crippen LogP contribution in [0.3, 0.4) is 0 Å². The summed E-state index contributed by atoms with van der Waals surface area (Å²) >= 11 is 3.88. The third-order valence-electron chi connectivity index (χ3n) is 5.13. The lowest BCUT2D eigenvalue weighted by Crippen LogP contribution is -2.56. The number of rotatable bonds is 4. The maximum atomic E-state index is 12.5. The maximum Gasteiger partial charge on any atom is 0.312 e. The molecule has 2 unspecified atom stereocenters. The van der Waals surface area contributed by atoms with Crippen LogP contribution in [-0.4, -0.2) is 29.4 Å². The van der Waals surface area contributed by atoms with Crippen LogP contribution in [0.25, 0.3) is 0 Å². The van der Waals surface area contributed by atoms with Gasteiger partial charge in [0.1, 0.15) is 0 Å². The quantitative estimate of drug-likeness (QED) is 0.629. The van der Waals surface area contributed by atoms with Crippen LogP contribution in [0.2, 0.25) is 0 Å². The SMILES string of the molecule is CCNC(=O)COC(=O)C12C[C@@H]3C[C@@H](CC(Br)(C3)C1)C2. The normalized spacial score (nSPS) is 41.5. The van der Waals surface area contributed by atoms with Crippen molar-refractivity contribution in [1.29, 1.82) is 0 Å². The van der Waals surface area contributed by atoms with Crippen molar-refractivity contribution in [3.63, 3.8) is 0 Å². The third-order valence-corrected chi connectivity index (χ3v) is 6.06. The zero-order valence-electron chi connectivity index (χ0n) is 11.9. The van der Waals surface area contributed by atoms with Crippen LogP contribution in [0, 0.1) is 17.3 Å². The molecule has 112 valence electrons. The smallest absolute Gasteiger partial charge is 0.312 e. The molecule has 0 spiro atoms. The van der Waals surface area contributed by atoms with Crippen LogP contribution in [0.4, 0.5) is 0 Å². The number of carbonyl (C=O) groups excluding carboxylic acids is 2. The molecule has 0 aliphatic heterocycles. The molecule has 4 fully saturated rings. The fourth-order valence-electron chi connectivity index (χ4n) is 4.92. The highest BCUT2D eigenvalue weighted by molar-refractivity contribution is 9.10. The minimum Gasteiger partial charge on any atom is -0.455 e. The Balaban J connectivity index is 1.67. The molecule has 4 atom stereocenters. The summed E-state index contributed by atoms with van der Waals surface area (Å²) in [6.45, 7) is 2.28. The number of hydrogen-bond acceptors (Lipinski definition) is 3. The molecular formula is C15H22BrNO3. The first-order chi connectivity index (χ1) is 9.45. The predicted octanol–water partition coefficient (Wildman–Crippen LogP) is 2.40. The number of esters is 1. The van der Waals surface area contributed by atoms with Crippen LogP contribution >= 0.6 is 15.9 Å². The van der Waals surface area contributed by atoms with Crippen molar-refractivity contribution >= 4 is 27.8 Å². The number of ether oxygens (including phenoxy) is 1. The second-order valence-corrected chi connectivity index (χ2v) is 8.60. The molecule has 0 heterocycles. The van der Waals surface area contributed by atoms with Gasteiger partial charge in [0.05, 0.1) is 5.41 Å². The van der Waals surface area contributed by atoms with Gasteiger partial charge in [-0.2, -0.15) is 0 Å². The van der Waals surface area contributed by atoms with E-state index in [2.05, 4.69) is 21.2 Å². The molecule has 0 aromatic rings. The second-order valence-electron chi connectivity index (χ2n) is 6.92. The molecule has 1 amide bonds. The average molecular weight is 344 g/mol. The van der Waals surface area contributed by atoms with Crippen LogP contribution < -0.4 is 5.32 Å². The summed E-state index contributed by atoms with van der Waals surface area (Å²) in [5, 5.41) is 2.66. The van der Waals surface area contributed by atoms with Gasteiger partial charge in [-0.3, -0.25) is 9.59 Å². The van der Waals surface area contributed by atoms with Gasteiger partial charge in [-0.05, 0) is 57.3 Å². The molecule has 0 aromatic carbocycles. The van der Waals surface area contributed by atoms with E-state index in [0.29, 0.717) is 18.4 Å². The Morgan fingerprint density at radius 3 is 2.45 bits per heavy atom. The minimum atomic E-state index is -0.333. The number of alkyl halides is 1. The molecular weight excluding hydrogens is 322 g/mol. The van der Waals surface area contributed by atoms with Crippen LogP contribution in [0.1, 0.15) is 45.4 Å². The van der Waals surface area contributed by atoms with Gasteiger partial charge in [0, 0.05) is 10.9 Å². The van der Waals surface area contributed by atoms with Crippen molar-refractivity contribution < 1.29 is 14.3 Å². The van der Waals surface area contributed by atoms with Gasteiger partial charge in [0.2, 0.25) is 0 Å².